The van der Waals surface area contributed by atoms with Crippen molar-refractivity contribution in [2.24, 2.45) is 5.92 Å². The average molecular weight is 308 g/mol. The van der Waals surface area contributed by atoms with Crippen molar-refractivity contribution in [1.29, 1.82) is 0 Å². The lowest BCUT2D eigenvalue weighted by molar-refractivity contribution is -0.183. The molecule has 1 aliphatic carbocycles. The highest BCUT2D eigenvalue weighted by Crippen LogP contribution is 2.37. The number of hydrogen-bond acceptors (Lipinski definition) is 2. The molecule has 1 fully saturated rings. The molecule has 1 aromatic rings. The highest BCUT2D eigenvalue weighted by Gasteiger charge is 2.41. The Labute approximate surface area is 120 Å². The first-order valence-electron chi connectivity index (χ1n) is 6.64. The molecule has 2 nitrogen and oxygen atoms in total. The Balaban J connectivity index is 1.88. The Kier molecular flexibility index (Phi) is 4.81. The van der Waals surface area contributed by atoms with Gasteiger partial charge in [-0.25, -0.2) is 0 Å². The van der Waals surface area contributed by atoms with Gasteiger partial charge < -0.3 is 10.4 Å². The number of halogens is 4. The molecule has 2 rings (SSSR count). The van der Waals surface area contributed by atoms with Gasteiger partial charge in [0.25, 0.3) is 0 Å². The van der Waals surface area contributed by atoms with Crippen molar-refractivity contribution >= 4 is 11.6 Å². The Bertz CT molecular complexity index is 464. The monoisotopic (exact) mass is 307 g/mol. The molecule has 1 aromatic carbocycles. The number of rotatable bonds is 3. The summed E-state index contributed by atoms with van der Waals surface area (Å²) < 4.78 is 38.1. The molecule has 0 heterocycles. The van der Waals surface area contributed by atoms with Gasteiger partial charge in [0.1, 0.15) is 5.75 Å². The first-order chi connectivity index (χ1) is 9.36. The van der Waals surface area contributed by atoms with Gasteiger partial charge in [-0.1, -0.05) is 24.1 Å². The molecule has 1 saturated carbocycles. The van der Waals surface area contributed by atoms with Crippen LogP contribution >= 0.6 is 11.6 Å². The molecule has 0 aliphatic heterocycles. The van der Waals surface area contributed by atoms with Crippen LogP contribution < -0.4 is 5.32 Å². The topological polar surface area (TPSA) is 32.3 Å². The molecule has 20 heavy (non-hydrogen) atoms. The van der Waals surface area contributed by atoms with E-state index in [1.165, 1.54) is 6.07 Å². The second-order valence-electron chi connectivity index (χ2n) is 5.27. The first-order valence-corrected chi connectivity index (χ1v) is 7.01. The number of nitrogens with one attached hydrogen (secondary N) is 1. The summed E-state index contributed by atoms with van der Waals surface area (Å²) in [5.41, 5.74) is 0.849. The van der Waals surface area contributed by atoms with Gasteiger partial charge in [-0.3, -0.25) is 0 Å². The summed E-state index contributed by atoms with van der Waals surface area (Å²) in [6, 6.07) is 4.69. The summed E-state index contributed by atoms with van der Waals surface area (Å²) in [7, 11) is 0. The van der Waals surface area contributed by atoms with Crippen LogP contribution in [0.2, 0.25) is 5.02 Å². The van der Waals surface area contributed by atoms with E-state index in [-0.39, 0.29) is 29.7 Å². The molecule has 6 heteroatoms. The Hall–Kier alpha value is -0.940. The second kappa shape index (κ2) is 6.22. The van der Waals surface area contributed by atoms with Crippen LogP contribution in [0.15, 0.2) is 18.2 Å². The van der Waals surface area contributed by atoms with Crippen molar-refractivity contribution in [3.05, 3.63) is 28.8 Å². The van der Waals surface area contributed by atoms with Gasteiger partial charge in [-0.15, -0.1) is 0 Å². The van der Waals surface area contributed by atoms with Gasteiger partial charge in [0.2, 0.25) is 0 Å². The predicted octanol–water partition coefficient (Wildman–Crippen LogP) is 4.26. The fraction of sp³-hybridized carbons (Fsp3) is 0.571. The molecule has 0 bridgehead atoms. The normalized spacial score (nSPS) is 23.8. The second-order valence-corrected chi connectivity index (χ2v) is 5.68. The molecular weight excluding hydrogens is 291 g/mol. The average Bonchev–Trinajstić information content (AvgIpc) is 2.39. The molecule has 2 N–H and O–H groups in total. The number of hydrogen-bond donors (Lipinski definition) is 2. The summed E-state index contributed by atoms with van der Waals surface area (Å²) in [5, 5.41) is 12.7. The first kappa shape index (κ1) is 15.4. The lowest BCUT2D eigenvalue weighted by Gasteiger charge is -2.31. The van der Waals surface area contributed by atoms with Gasteiger partial charge in [0, 0.05) is 12.6 Å². The summed E-state index contributed by atoms with van der Waals surface area (Å²) >= 11 is 5.79. The number of aromatic hydroxyl groups is 1. The van der Waals surface area contributed by atoms with Gasteiger partial charge in [0.15, 0.2) is 0 Å². The minimum absolute atomic E-state index is 0.00483. The third-order valence-corrected chi connectivity index (χ3v) is 4.05. The van der Waals surface area contributed by atoms with Crippen molar-refractivity contribution in [2.75, 3.05) is 0 Å². The van der Waals surface area contributed by atoms with Crippen molar-refractivity contribution in [1.82, 2.24) is 5.32 Å². The van der Waals surface area contributed by atoms with Crippen LogP contribution in [0.25, 0.3) is 0 Å². The maximum Gasteiger partial charge on any atom is 0.391 e. The third kappa shape index (κ3) is 4.03. The van der Waals surface area contributed by atoms with E-state index in [0.717, 1.165) is 12.0 Å². The Morgan fingerprint density at radius 1 is 1.30 bits per heavy atom. The smallest absolute Gasteiger partial charge is 0.391 e. The van der Waals surface area contributed by atoms with E-state index in [1.54, 1.807) is 12.1 Å². The minimum Gasteiger partial charge on any atom is -0.506 e. The van der Waals surface area contributed by atoms with Crippen LogP contribution in [-0.4, -0.2) is 17.3 Å². The van der Waals surface area contributed by atoms with E-state index < -0.39 is 12.1 Å². The summed E-state index contributed by atoms with van der Waals surface area (Å²) in [4.78, 5) is 0. The van der Waals surface area contributed by atoms with Crippen LogP contribution in [-0.2, 0) is 6.54 Å². The highest BCUT2D eigenvalue weighted by atomic mass is 35.5. The lowest BCUT2D eigenvalue weighted by Crippen LogP contribution is -2.38. The SMILES string of the molecule is Oc1ccc(CNC2CCCC(C(F)(F)F)C2)cc1Cl. The molecule has 0 radical (unpaired) electrons. The summed E-state index contributed by atoms with van der Waals surface area (Å²) in [6.45, 7) is 0.454. The fourth-order valence-electron chi connectivity index (χ4n) is 2.60. The van der Waals surface area contributed by atoms with Gasteiger partial charge >= 0.3 is 6.18 Å². The maximum absolute atomic E-state index is 12.7. The van der Waals surface area contributed by atoms with Crippen LogP contribution in [0.4, 0.5) is 13.2 Å². The van der Waals surface area contributed by atoms with Gasteiger partial charge in [-0.05, 0) is 37.0 Å². The largest absolute Gasteiger partial charge is 0.506 e. The zero-order chi connectivity index (χ0) is 14.8. The van der Waals surface area contributed by atoms with Gasteiger partial charge in [0.05, 0.1) is 10.9 Å². The van der Waals surface area contributed by atoms with Gasteiger partial charge in [-0.2, -0.15) is 13.2 Å². The highest BCUT2D eigenvalue weighted by molar-refractivity contribution is 6.32. The molecular formula is C14H17ClF3NO. The summed E-state index contributed by atoms with van der Waals surface area (Å²) in [6.07, 6.45) is -2.37. The van der Waals surface area contributed by atoms with E-state index >= 15 is 0 Å². The standard InChI is InChI=1S/C14H17ClF3NO/c15-12-6-9(4-5-13(12)20)8-19-11-3-1-2-10(7-11)14(16,17)18/h4-6,10-11,19-20H,1-3,7-8H2. The van der Waals surface area contributed by atoms with Crippen molar-refractivity contribution in [3.8, 4) is 5.75 Å². The quantitative estimate of drug-likeness (QED) is 0.874. The van der Waals surface area contributed by atoms with E-state index in [2.05, 4.69) is 5.32 Å². The number of benzene rings is 1. The predicted molar refractivity (Wildman–Crippen MR) is 71.8 cm³/mol. The Morgan fingerprint density at radius 2 is 2.05 bits per heavy atom. The zero-order valence-electron chi connectivity index (χ0n) is 10.9. The molecule has 2 atom stereocenters. The van der Waals surface area contributed by atoms with E-state index in [0.29, 0.717) is 13.0 Å². The maximum atomic E-state index is 12.7. The molecule has 112 valence electrons. The van der Waals surface area contributed by atoms with Crippen LogP contribution in [0.1, 0.15) is 31.2 Å². The molecule has 0 spiro atoms. The van der Waals surface area contributed by atoms with Crippen molar-refractivity contribution in [2.45, 2.75) is 44.4 Å². The zero-order valence-corrected chi connectivity index (χ0v) is 11.6. The van der Waals surface area contributed by atoms with Crippen molar-refractivity contribution in [3.63, 3.8) is 0 Å². The van der Waals surface area contributed by atoms with Crippen LogP contribution in [0.3, 0.4) is 0 Å². The number of phenolic OH excluding ortho intramolecular Hbond substituents is 1. The molecule has 0 saturated heterocycles. The lowest BCUT2D eigenvalue weighted by atomic mass is 9.85. The van der Waals surface area contributed by atoms with Crippen LogP contribution in [0, 0.1) is 5.92 Å². The van der Waals surface area contributed by atoms with Crippen LogP contribution in [0.5, 0.6) is 5.75 Å². The van der Waals surface area contributed by atoms with E-state index in [1.807, 2.05) is 0 Å². The molecule has 0 aromatic heterocycles. The van der Waals surface area contributed by atoms with E-state index in [4.69, 9.17) is 11.6 Å². The van der Waals surface area contributed by atoms with Crippen molar-refractivity contribution < 1.29 is 18.3 Å². The molecule has 0 amide bonds. The number of phenols is 1. The number of alkyl halides is 3. The summed E-state index contributed by atoms with van der Waals surface area (Å²) in [5.74, 6) is -1.19. The molecule has 2 unspecified atom stereocenters. The fourth-order valence-corrected chi connectivity index (χ4v) is 2.80. The Morgan fingerprint density at radius 3 is 2.70 bits per heavy atom. The minimum atomic E-state index is -4.10. The molecule has 1 aliphatic rings. The van der Waals surface area contributed by atoms with E-state index in [9.17, 15) is 18.3 Å². The third-order valence-electron chi connectivity index (χ3n) is 3.74.